The maximum absolute atomic E-state index is 11.6. The topological polar surface area (TPSA) is 89.3 Å². The van der Waals surface area contributed by atoms with Gasteiger partial charge in [0.1, 0.15) is 12.1 Å². The number of carboxylic acids is 1. The van der Waals surface area contributed by atoms with Gasteiger partial charge in [0.25, 0.3) is 0 Å². The van der Waals surface area contributed by atoms with E-state index in [0.29, 0.717) is 0 Å². The number of rotatable bonds is 2. The Bertz CT molecular complexity index is 158. The summed E-state index contributed by atoms with van der Waals surface area (Å²) in [7, 11) is 0. The van der Waals surface area contributed by atoms with Gasteiger partial charge >= 0.3 is 12.1 Å². The summed E-state index contributed by atoms with van der Waals surface area (Å²) < 4.78 is 34.8. The average molecular weight is 172 g/mol. The predicted octanol–water partition coefficient (Wildman–Crippen LogP) is -0.712. The van der Waals surface area contributed by atoms with Gasteiger partial charge in [-0.15, -0.1) is 0 Å². The third-order valence-corrected chi connectivity index (χ3v) is 1.05. The van der Waals surface area contributed by atoms with Gasteiger partial charge in [-0.3, -0.25) is 4.79 Å². The summed E-state index contributed by atoms with van der Waals surface area (Å²) in [5.74, 6) is -1.77. The average Bonchev–Trinajstić information content (AvgIpc) is 1.82. The van der Waals surface area contributed by atoms with Crippen LogP contribution in [0.2, 0.25) is 0 Å². The van der Waals surface area contributed by atoms with Gasteiger partial charge in [0.2, 0.25) is 0 Å². The molecule has 5 N–H and O–H groups in total. The van der Waals surface area contributed by atoms with E-state index >= 15 is 0 Å². The maximum Gasteiger partial charge on any atom is 0.405 e. The van der Waals surface area contributed by atoms with E-state index in [2.05, 4.69) is 11.5 Å². The van der Waals surface area contributed by atoms with Crippen LogP contribution in [-0.4, -0.2) is 29.3 Å². The van der Waals surface area contributed by atoms with Crippen molar-refractivity contribution < 1.29 is 23.1 Å². The Morgan fingerprint density at radius 2 is 1.73 bits per heavy atom. The molecule has 0 bridgehead atoms. The van der Waals surface area contributed by atoms with Gasteiger partial charge in [-0.2, -0.15) is 13.2 Å². The molecule has 0 aliphatic carbocycles. The minimum absolute atomic E-state index is 1.77. The number of hydrogen-bond acceptors (Lipinski definition) is 3. The van der Waals surface area contributed by atoms with E-state index in [9.17, 15) is 18.0 Å². The molecule has 0 aliphatic heterocycles. The highest BCUT2D eigenvalue weighted by atomic mass is 19.4. The Morgan fingerprint density at radius 1 is 1.36 bits per heavy atom. The summed E-state index contributed by atoms with van der Waals surface area (Å²) in [6.07, 6.45) is -4.77. The standard InChI is InChI=1S/C4H7F3N2O2/c5-4(6,7)2(9)1(8)3(10)11/h1-2H,8-9H2,(H,10,11)/t1-,2+/m1/s1. The summed E-state index contributed by atoms with van der Waals surface area (Å²) in [6, 6.07) is -4.62. The molecule has 0 amide bonds. The van der Waals surface area contributed by atoms with E-state index in [1.807, 2.05) is 0 Å². The van der Waals surface area contributed by atoms with Crippen molar-refractivity contribution in [3.8, 4) is 0 Å². The minimum atomic E-state index is -4.77. The third kappa shape index (κ3) is 2.72. The van der Waals surface area contributed by atoms with Gasteiger partial charge in [0, 0.05) is 0 Å². The maximum atomic E-state index is 11.6. The Labute approximate surface area is 60.0 Å². The molecule has 4 nitrogen and oxygen atoms in total. The fourth-order valence-electron chi connectivity index (χ4n) is 0.357. The number of carbonyl (C=O) groups is 1. The second kappa shape index (κ2) is 3.05. The Kier molecular flexibility index (Phi) is 2.83. The molecule has 0 aromatic rings. The molecule has 0 spiro atoms. The van der Waals surface area contributed by atoms with Crippen LogP contribution < -0.4 is 11.5 Å². The molecule has 0 saturated heterocycles. The van der Waals surface area contributed by atoms with Crippen molar-refractivity contribution in [1.29, 1.82) is 0 Å². The molecule has 0 aromatic heterocycles. The molecule has 0 radical (unpaired) electrons. The van der Waals surface area contributed by atoms with Crippen LogP contribution in [0.3, 0.4) is 0 Å². The van der Waals surface area contributed by atoms with Crippen LogP contribution in [-0.2, 0) is 4.79 Å². The highest BCUT2D eigenvalue weighted by molar-refractivity contribution is 5.74. The zero-order valence-electron chi connectivity index (χ0n) is 5.30. The van der Waals surface area contributed by atoms with Crippen molar-refractivity contribution in [2.45, 2.75) is 18.3 Å². The summed E-state index contributed by atoms with van der Waals surface area (Å²) in [5, 5.41) is 8.01. The molecule has 11 heavy (non-hydrogen) atoms. The van der Waals surface area contributed by atoms with Crippen LogP contribution in [0.15, 0.2) is 0 Å². The number of carboxylic acid groups (broad SMARTS) is 1. The zero-order chi connectivity index (χ0) is 9.23. The molecule has 0 unspecified atom stereocenters. The Hall–Kier alpha value is -0.820. The fraction of sp³-hybridized carbons (Fsp3) is 0.750. The van der Waals surface area contributed by atoms with E-state index in [1.165, 1.54) is 0 Å². The predicted molar refractivity (Wildman–Crippen MR) is 29.6 cm³/mol. The van der Waals surface area contributed by atoms with Crippen LogP contribution in [0.4, 0.5) is 13.2 Å². The molecule has 0 aliphatic rings. The smallest absolute Gasteiger partial charge is 0.405 e. The van der Waals surface area contributed by atoms with E-state index in [1.54, 1.807) is 0 Å². The lowest BCUT2D eigenvalue weighted by Crippen LogP contribution is -2.55. The highest BCUT2D eigenvalue weighted by Crippen LogP contribution is 2.19. The second-order valence-electron chi connectivity index (χ2n) is 1.93. The first-order valence-corrected chi connectivity index (χ1v) is 2.57. The lowest BCUT2D eigenvalue weighted by atomic mass is 10.1. The summed E-state index contributed by atoms with van der Waals surface area (Å²) in [4.78, 5) is 9.88. The molecule has 66 valence electrons. The highest BCUT2D eigenvalue weighted by Gasteiger charge is 2.43. The third-order valence-electron chi connectivity index (χ3n) is 1.05. The van der Waals surface area contributed by atoms with Crippen molar-refractivity contribution in [3.63, 3.8) is 0 Å². The van der Waals surface area contributed by atoms with E-state index in [-0.39, 0.29) is 0 Å². The monoisotopic (exact) mass is 172 g/mol. The number of aliphatic carboxylic acids is 1. The Balaban J connectivity index is 4.25. The quantitative estimate of drug-likeness (QED) is 0.513. The van der Waals surface area contributed by atoms with Crippen molar-refractivity contribution in [2.24, 2.45) is 11.5 Å². The molecular formula is C4H7F3N2O2. The second-order valence-corrected chi connectivity index (χ2v) is 1.93. The lowest BCUT2D eigenvalue weighted by molar-refractivity contribution is -0.164. The molecule has 7 heteroatoms. The number of alkyl halides is 3. The van der Waals surface area contributed by atoms with Crippen molar-refractivity contribution >= 4 is 5.97 Å². The van der Waals surface area contributed by atoms with Crippen molar-refractivity contribution in [2.75, 3.05) is 0 Å². The first kappa shape index (κ1) is 10.2. The van der Waals surface area contributed by atoms with Crippen LogP contribution in [0.1, 0.15) is 0 Å². The molecule has 0 rings (SSSR count). The first-order chi connectivity index (χ1) is 4.76. The normalized spacial score (nSPS) is 17.5. The van der Waals surface area contributed by atoms with Gasteiger partial charge < -0.3 is 16.6 Å². The molecule has 0 saturated carbocycles. The van der Waals surface area contributed by atoms with Crippen LogP contribution in [0.25, 0.3) is 0 Å². The molecule has 0 heterocycles. The molecular weight excluding hydrogens is 165 g/mol. The summed E-state index contributed by atoms with van der Waals surface area (Å²) >= 11 is 0. The van der Waals surface area contributed by atoms with E-state index in [0.717, 1.165) is 0 Å². The lowest BCUT2D eigenvalue weighted by Gasteiger charge is -2.18. The molecule has 2 atom stereocenters. The van der Waals surface area contributed by atoms with Crippen LogP contribution in [0.5, 0.6) is 0 Å². The van der Waals surface area contributed by atoms with Crippen molar-refractivity contribution in [1.82, 2.24) is 0 Å². The summed E-state index contributed by atoms with van der Waals surface area (Å²) in [6.45, 7) is 0. The largest absolute Gasteiger partial charge is 0.480 e. The van der Waals surface area contributed by atoms with Gasteiger partial charge in [-0.05, 0) is 0 Å². The fourth-order valence-corrected chi connectivity index (χ4v) is 0.357. The molecule has 0 fully saturated rings. The number of nitrogens with two attached hydrogens (primary N) is 2. The summed E-state index contributed by atoms with van der Waals surface area (Å²) in [5.41, 5.74) is 9.07. The van der Waals surface area contributed by atoms with Gasteiger partial charge in [0.15, 0.2) is 0 Å². The Morgan fingerprint density at radius 3 is 1.82 bits per heavy atom. The first-order valence-electron chi connectivity index (χ1n) is 2.57. The van der Waals surface area contributed by atoms with Crippen LogP contribution in [0, 0.1) is 0 Å². The van der Waals surface area contributed by atoms with Crippen molar-refractivity contribution in [3.05, 3.63) is 0 Å². The minimum Gasteiger partial charge on any atom is -0.480 e. The van der Waals surface area contributed by atoms with Crippen LogP contribution >= 0.6 is 0 Å². The SMILES string of the molecule is N[C@@H](C(=O)O)[C@H](N)C(F)(F)F. The van der Waals surface area contributed by atoms with E-state index < -0.39 is 24.2 Å². The van der Waals surface area contributed by atoms with E-state index in [4.69, 9.17) is 5.11 Å². The van der Waals surface area contributed by atoms with Gasteiger partial charge in [-0.1, -0.05) is 0 Å². The number of hydrogen-bond donors (Lipinski definition) is 3. The molecule has 0 aromatic carbocycles. The number of halogens is 3. The van der Waals surface area contributed by atoms with Gasteiger partial charge in [-0.25, -0.2) is 0 Å². The van der Waals surface area contributed by atoms with Gasteiger partial charge in [0.05, 0.1) is 0 Å². The zero-order valence-corrected chi connectivity index (χ0v) is 5.30.